The number of aryl methyl sites for hydroxylation is 2. The lowest BCUT2D eigenvalue weighted by molar-refractivity contribution is 0.0735. The van der Waals surface area contributed by atoms with Crippen molar-refractivity contribution in [3.8, 4) is 17.1 Å². The predicted octanol–water partition coefficient (Wildman–Crippen LogP) is 2.40. The van der Waals surface area contributed by atoms with Gasteiger partial charge in [-0.05, 0) is 42.5 Å². The number of methoxy groups -OCH3 is 1. The molecular weight excluding hydrogens is 354 g/mol. The van der Waals surface area contributed by atoms with Gasteiger partial charge in [0.05, 0.1) is 12.8 Å². The SMILES string of the molecule is COc1ccc(N2CCN(C(=O)c3cc(-c4cccn4C)nn3C)CC2)cc1. The second-order valence-corrected chi connectivity index (χ2v) is 7.02. The molecule has 146 valence electrons. The van der Waals surface area contributed by atoms with E-state index in [9.17, 15) is 4.79 Å². The monoisotopic (exact) mass is 379 g/mol. The van der Waals surface area contributed by atoms with Gasteiger partial charge >= 0.3 is 0 Å². The first-order chi connectivity index (χ1) is 13.6. The Kier molecular flexibility index (Phi) is 4.81. The Morgan fingerprint density at radius 2 is 1.75 bits per heavy atom. The Morgan fingerprint density at radius 3 is 2.36 bits per heavy atom. The summed E-state index contributed by atoms with van der Waals surface area (Å²) >= 11 is 0. The number of carbonyl (C=O) groups is 1. The highest BCUT2D eigenvalue weighted by Crippen LogP contribution is 2.22. The normalized spacial score (nSPS) is 14.4. The Morgan fingerprint density at radius 1 is 1.04 bits per heavy atom. The van der Waals surface area contributed by atoms with E-state index in [0.29, 0.717) is 18.8 Å². The molecule has 0 atom stereocenters. The molecule has 7 heteroatoms. The van der Waals surface area contributed by atoms with Gasteiger partial charge in [0, 0.05) is 52.2 Å². The summed E-state index contributed by atoms with van der Waals surface area (Å²) in [6.45, 7) is 2.99. The molecule has 7 nitrogen and oxygen atoms in total. The summed E-state index contributed by atoms with van der Waals surface area (Å²) in [4.78, 5) is 17.2. The van der Waals surface area contributed by atoms with Crippen LogP contribution in [0, 0.1) is 0 Å². The van der Waals surface area contributed by atoms with Crippen molar-refractivity contribution in [1.82, 2.24) is 19.2 Å². The van der Waals surface area contributed by atoms with E-state index >= 15 is 0 Å². The maximum atomic E-state index is 13.0. The van der Waals surface area contributed by atoms with Crippen molar-refractivity contribution in [2.75, 3.05) is 38.2 Å². The molecule has 28 heavy (non-hydrogen) atoms. The number of nitrogens with zero attached hydrogens (tertiary/aromatic N) is 5. The minimum atomic E-state index is 0.0323. The predicted molar refractivity (Wildman–Crippen MR) is 109 cm³/mol. The van der Waals surface area contributed by atoms with Crippen molar-refractivity contribution in [3.05, 3.63) is 54.4 Å². The van der Waals surface area contributed by atoms with E-state index in [1.165, 1.54) is 0 Å². The first kappa shape index (κ1) is 18.2. The van der Waals surface area contributed by atoms with E-state index in [1.54, 1.807) is 11.8 Å². The zero-order valence-electron chi connectivity index (χ0n) is 16.5. The third kappa shape index (κ3) is 3.35. The Hall–Kier alpha value is -3.22. The fourth-order valence-corrected chi connectivity index (χ4v) is 3.64. The number of anilines is 1. The lowest BCUT2D eigenvalue weighted by Gasteiger charge is -2.36. The first-order valence-electron chi connectivity index (χ1n) is 9.41. The maximum absolute atomic E-state index is 13.0. The quantitative estimate of drug-likeness (QED) is 0.699. The summed E-state index contributed by atoms with van der Waals surface area (Å²) in [5.74, 6) is 0.882. The third-order valence-electron chi connectivity index (χ3n) is 5.31. The molecule has 0 unspecified atom stereocenters. The summed E-state index contributed by atoms with van der Waals surface area (Å²) in [7, 11) is 5.47. The van der Waals surface area contributed by atoms with Gasteiger partial charge in [0.1, 0.15) is 17.1 Å². The number of aromatic nitrogens is 3. The highest BCUT2D eigenvalue weighted by Gasteiger charge is 2.25. The minimum Gasteiger partial charge on any atom is -0.497 e. The lowest BCUT2D eigenvalue weighted by atomic mass is 10.2. The second-order valence-electron chi connectivity index (χ2n) is 7.02. The molecule has 4 rings (SSSR count). The van der Waals surface area contributed by atoms with Crippen LogP contribution in [0.2, 0.25) is 0 Å². The molecule has 0 saturated carbocycles. The lowest BCUT2D eigenvalue weighted by Crippen LogP contribution is -2.49. The van der Waals surface area contributed by atoms with Crippen molar-refractivity contribution < 1.29 is 9.53 Å². The van der Waals surface area contributed by atoms with Crippen molar-refractivity contribution in [3.63, 3.8) is 0 Å². The first-order valence-corrected chi connectivity index (χ1v) is 9.41. The van der Waals surface area contributed by atoms with E-state index in [-0.39, 0.29) is 5.91 Å². The van der Waals surface area contributed by atoms with Crippen molar-refractivity contribution in [1.29, 1.82) is 0 Å². The van der Waals surface area contributed by atoms with Crippen LogP contribution in [0.15, 0.2) is 48.7 Å². The molecular formula is C21H25N5O2. The number of hydrogen-bond acceptors (Lipinski definition) is 4. The average Bonchev–Trinajstić information content (AvgIpc) is 3.33. The molecule has 1 amide bonds. The molecule has 0 spiro atoms. The maximum Gasteiger partial charge on any atom is 0.272 e. The number of piperazine rings is 1. The smallest absolute Gasteiger partial charge is 0.272 e. The van der Waals surface area contributed by atoms with Crippen LogP contribution in [0.5, 0.6) is 5.75 Å². The summed E-state index contributed by atoms with van der Waals surface area (Å²) in [5, 5.41) is 4.53. The van der Waals surface area contributed by atoms with Crippen LogP contribution in [0.3, 0.4) is 0 Å². The van der Waals surface area contributed by atoms with Crippen molar-refractivity contribution >= 4 is 11.6 Å². The fourth-order valence-electron chi connectivity index (χ4n) is 3.64. The molecule has 1 fully saturated rings. The number of ether oxygens (including phenoxy) is 1. The van der Waals surface area contributed by atoms with E-state index in [1.807, 2.05) is 60.1 Å². The van der Waals surface area contributed by atoms with Gasteiger partial charge in [-0.25, -0.2) is 0 Å². The number of amides is 1. The van der Waals surface area contributed by atoms with Crippen LogP contribution in [0.1, 0.15) is 10.5 Å². The summed E-state index contributed by atoms with van der Waals surface area (Å²) in [6.07, 6.45) is 1.98. The number of benzene rings is 1. The second kappa shape index (κ2) is 7.42. The van der Waals surface area contributed by atoms with Crippen LogP contribution in [-0.4, -0.2) is 58.4 Å². The van der Waals surface area contributed by atoms with Gasteiger partial charge in [-0.2, -0.15) is 5.10 Å². The van der Waals surface area contributed by atoms with E-state index in [0.717, 1.165) is 35.9 Å². The topological polar surface area (TPSA) is 55.5 Å². The van der Waals surface area contributed by atoms with Gasteiger partial charge in [0.15, 0.2) is 0 Å². The molecule has 0 N–H and O–H groups in total. The molecule has 1 aliphatic heterocycles. The van der Waals surface area contributed by atoms with E-state index in [4.69, 9.17) is 4.74 Å². The highest BCUT2D eigenvalue weighted by molar-refractivity contribution is 5.93. The Bertz CT molecular complexity index is 965. The molecule has 1 aromatic carbocycles. The molecule has 3 aromatic rings. The summed E-state index contributed by atoms with van der Waals surface area (Å²) < 4.78 is 8.91. The molecule has 1 aliphatic rings. The van der Waals surface area contributed by atoms with Crippen LogP contribution < -0.4 is 9.64 Å². The molecule has 0 aliphatic carbocycles. The van der Waals surface area contributed by atoms with Gasteiger partial charge in [-0.15, -0.1) is 0 Å². The van der Waals surface area contributed by atoms with Crippen LogP contribution in [0.4, 0.5) is 5.69 Å². The molecule has 0 bridgehead atoms. The Labute approximate surface area is 164 Å². The van der Waals surface area contributed by atoms with Gasteiger partial charge in [0.25, 0.3) is 5.91 Å². The van der Waals surface area contributed by atoms with Gasteiger partial charge in [-0.3, -0.25) is 9.48 Å². The van der Waals surface area contributed by atoms with Crippen LogP contribution >= 0.6 is 0 Å². The van der Waals surface area contributed by atoms with Crippen LogP contribution in [0.25, 0.3) is 11.4 Å². The number of rotatable bonds is 4. The van der Waals surface area contributed by atoms with E-state index < -0.39 is 0 Å². The largest absolute Gasteiger partial charge is 0.497 e. The molecule has 1 saturated heterocycles. The van der Waals surface area contributed by atoms with Crippen LogP contribution in [-0.2, 0) is 14.1 Å². The number of hydrogen-bond donors (Lipinski definition) is 0. The minimum absolute atomic E-state index is 0.0323. The summed E-state index contributed by atoms with van der Waals surface area (Å²) in [6, 6.07) is 13.9. The van der Waals surface area contributed by atoms with Crippen molar-refractivity contribution in [2.45, 2.75) is 0 Å². The standard InChI is InChI=1S/C21H25N5O2/c1-23-10-4-5-19(23)18-15-20(24(2)22-18)21(27)26-13-11-25(12-14-26)16-6-8-17(28-3)9-7-16/h4-10,15H,11-14H2,1-3H3. The molecule has 0 radical (unpaired) electrons. The highest BCUT2D eigenvalue weighted by atomic mass is 16.5. The van der Waals surface area contributed by atoms with Gasteiger partial charge < -0.3 is 19.1 Å². The van der Waals surface area contributed by atoms with Gasteiger partial charge in [0.2, 0.25) is 0 Å². The van der Waals surface area contributed by atoms with Crippen molar-refractivity contribution in [2.24, 2.45) is 14.1 Å². The summed E-state index contributed by atoms with van der Waals surface area (Å²) in [5.41, 5.74) is 3.59. The Balaban J connectivity index is 1.44. The third-order valence-corrected chi connectivity index (χ3v) is 5.31. The fraction of sp³-hybridized carbons (Fsp3) is 0.333. The van der Waals surface area contributed by atoms with Gasteiger partial charge in [-0.1, -0.05) is 0 Å². The zero-order valence-corrected chi connectivity index (χ0v) is 16.5. The average molecular weight is 379 g/mol. The number of carbonyl (C=O) groups excluding carboxylic acids is 1. The van der Waals surface area contributed by atoms with E-state index in [2.05, 4.69) is 22.1 Å². The molecule has 2 aromatic heterocycles. The molecule has 3 heterocycles. The zero-order chi connectivity index (χ0) is 19.7.